The normalized spacial score (nSPS) is 27.5. The Bertz CT molecular complexity index is 481. The number of piperidine rings is 2. The van der Waals surface area contributed by atoms with Crippen LogP contribution in [0.3, 0.4) is 0 Å². The highest BCUT2D eigenvalue weighted by Gasteiger charge is 2.40. The van der Waals surface area contributed by atoms with Crippen LogP contribution in [0.5, 0.6) is 0 Å². The number of hydrogen-bond donors (Lipinski definition) is 1. The van der Waals surface area contributed by atoms with Gasteiger partial charge in [-0.3, -0.25) is 9.59 Å². The topological polar surface area (TPSA) is 52.7 Å². The summed E-state index contributed by atoms with van der Waals surface area (Å²) in [5, 5.41) is 3.47. The maximum atomic E-state index is 12.9. The predicted octanol–water partition coefficient (Wildman–Crippen LogP) is 1.87. The number of nitrogens with zero attached hydrogens (tertiary/aromatic N) is 2. The van der Waals surface area contributed by atoms with E-state index >= 15 is 0 Å². The molecule has 3 rings (SSSR count). The van der Waals surface area contributed by atoms with Crippen LogP contribution in [0.1, 0.15) is 52.9 Å². The summed E-state index contributed by atoms with van der Waals surface area (Å²) in [4.78, 5) is 29.5. The van der Waals surface area contributed by atoms with Crippen molar-refractivity contribution in [3.05, 3.63) is 0 Å². The molecule has 1 spiro atoms. The van der Waals surface area contributed by atoms with E-state index in [4.69, 9.17) is 0 Å². The third kappa shape index (κ3) is 3.61. The van der Waals surface area contributed by atoms with Crippen LogP contribution in [0.2, 0.25) is 0 Å². The molecule has 1 unspecified atom stereocenters. The first kappa shape index (κ1) is 17.7. The fourth-order valence-corrected chi connectivity index (χ4v) is 4.52. The summed E-state index contributed by atoms with van der Waals surface area (Å²) in [7, 11) is 0. The molecule has 0 aromatic rings. The summed E-state index contributed by atoms with van der Waals surface area (Å²) in [5.41, 5.74) is 0.0789. The predicted molar refractivity (Wildman–Crippen MR) is 94.5 cm³/mol. The second-order valence-electron chi connectivity index (χ2n) is 9.09. The lowest BCUT2D eigenvalue weighted by atomic mass is 9.77. The molecule has 2 amide bonds. The van der Waals surface area contributed by atoms with Crippen LogP contribution in [-0.2, 0) is 9.59 Å². The Kier molecular flexibility index (Phi) is 4.92. The average molecular weight is 335 g/mol. The van der Waals surface area contributed by atoms with Crippen molar-refractivity contribution in [2.45, 2.75) is 52.9 Å². The molecule has 0 radical (unpaired) electrons. The lowest BCUT2D eigenvalue weighted by molar-refractivity contribution is -0.146. The lowest BCUT2D eigenvalue weighted by Gasteiger charge is -2.42. The number of nitrogens with one attached hydrogen (secondary N) is 1. The number of carbonyl (C=O) groups excluding carboxylic acids is 2. The fourth-order valence-electron chi connectivity index (χ4n) is 4.52. The monoisotopic (exact) mass is 335 g/mol. The van der Waals surface area contributed by atoms with Crippen LogP contribution >= 0.6 is 0 Å². The van der Waals surface area contributed by atoms with E-state index in [2.05, 4.69) is 10.2 Å². The molecule has 1 atom stereocenters. The Labute approximate surface area is 146 Å². The van der Waals surface area contributed by atoms with Gasteiger partial charge in [-0.15, -0.1) is 0 Å². The molecule has 0 bridgehead atoms. The summed E-state index contributed by atoms with van der Waals surface area (Å²) in [6.07, 6.45) is 5.38. The first-order valence-electron chi connectivity index (χ1n) is 9.60. The lowest BCUT2D eigenvalue weighted by Crippen LogP contribution is -2.51. The summed E-state index contributed by atoms with van der Waals surface area (Å²) >= 11 is 0. The molecule has 3 aliphatic heterocycles. The van der Waals surface area contributed by atoms with Gasteiger partial charge in [0.1, 0.15) is 0 Å². The van der Waals surface area contributed by atoms with Crippen molar-refractivity contribution in [3.63, 3.8) is 0 Å². The van der Waals surface area contributed by atoms with Gasteiger partial charge in [0.2, 0.25) is 11.8 Å². The van der Waals surface area contributed by atoms with Crippen molar-refractivity contribution in [1.29, 1.82) is 0 Å². The van der Waals surface area contributed by atoms with Crippen LogP contribution in [-0.4, -0.2) is 60.9 Å². The first-order chi connectivity index (χ1) is 11.3. The second-order valence-corrected chi connectivity index (χ2v) is 9.09. The largest absolute Gasteiger partial charge is 0.342 e. The molecule has 0 aromatic carbocycles. The van der Waals surface area contributed by atoms with E-state index in [1.54, 1.807) is 0 Å². The molecule has 0 saturated carbocycles. The molecular formula is C19H33N3O2. The molecule has 0 aliphatic carbocycles. The minimum Gasteiger partial charge on any atom is -0.342 e. The van der Waals surface area contributed by atoms with E-state index in [0.717, 1.165) is 58.4 Å². The maximum Gasteiger partial charge on any atom is 0.227 e. The smallest absolute Gasteiger partial charge is 0.227 e. The van der Waals surface area contributed by atoms with Gasteiger partial charge in [0.25, 0.3) is 0 Å². The Hall–Kier alpha value is -1.10. The zero-order valence-electron chi connectivity index (χ0n) is 15.6. The zero-order valence-corrected chi connectivity index (χ0v) is 15.6. The second kappa shape index (κ2) is 6.66. The number of carbonyl (C=O) groups is 2. The molecule has 5 nitrogen and oxygen atoms in total. The highest BCUT2D eigenvalue weighted by Crippen LogP contribution is 2.37. The Morgan fingerprint density at radius 1 is 1.04 bits per heavy atom. The zero-order chi connectivity index (χ0) is 17.4. The first-order valence-corrected chi connectivity index (χ1v) is 9.60. The molecule has 3 aliphatic rings. The van der Waals surface area contributed by atoms with Gasteiger partial charge < -0.3 is 15.1 Å². The number of amides is 2. The van der Waals surface area contributed by atoms with E-state index in [0.29, 0.717) is 12.0 Å². The van der Waals surface area contributed by atoms with Crippen molar-refractivity contribution in [2.75, 3.05) is 39.3 Å². The van der Waals surface area contributed by atoms with Gasteiger partial charge in [0.15, 0.2) is 0 Å². The van der Waals surface area contributed by atoms with Gasteiger partial charge in [0, 0.05) is 38.1 Å². The molecule has 0 aromatic heterocycles. The van der Waals surface area contributed by atoms with Crippen LogP contribution in [0, 0.1) is 16.7 Å². The standard InChI is InChI=1S/C19H33N3O2/c1-18(2,3)17(24)22-10-4-5-15(13-22)16(23)21-11-7-19(8-12-21)6-9-20-14-19/h15,20H,4-14H2,1-3H3. The van der Waals surface area contributed by atoms with Crippen molar-refractivity contribution in [3.8, 4) is 0 Å². The van der Waals surface area contributed by atoms with Crippen molar-refractivity contribution in [1.82, 2.24) is 15.1 Å². The summed E-state index contributed by atoms with van der Waals surface area (Å²) < 4.78 is 0. The molecule has 136 valence electrons. The number of likely N-dealkylation sites (tertiary alicyclic amines) is 2. The fraction of sp³-hybridized carbons (Fsp3) is 0.895. The van der Waals surface area contributed by atoms with Crippen molar-refractivity contribution >= 4 is 11.8 Å². The number of rotatable bonds is 1. The van der Waals surface area contributed by atoms with Gasteiger partial charge in [-0.1, -0.05) is 20.8 Å². The van der Waals surface area contributed by atoms with Gasteiger partial charge in [-0.05, 0) is 44.1 Å². The van der Waals surface area contributed by atoms with Gasteiger partial charge in [-0.25, -0.2) is 0 Å². The minimum absolute atomic E-state index is 0.000744. The third-order valence-electron chi connectivity index (χ3n) is 6.17. The van der Waals surface area contributed by atoms with Gasteiger partial charge in [-0.2, -0.15) is 0 Å². The van der Waals surface area contributed by atoms with E-state index in [-0.39, 0.29) is 23.1 Å². The highest BCUT2D eigenvalue weighted by molar-refractivity contribution is 5.84. The highest BCUT2D eigenvalue weighted by atomic mass is 16.2. The molecule has 3 fully saturated rings. The van der Waals surface area contributed by atoms with Crippen LogP contribution in [0.25, 0.3) is 0 Å². The van der Waals surface area contributed by atoms with Crippen LogP contribution in [0.15, 0.2) is 0 Å². The molecule has 3 saturated heterocycles. The maximum absolute atomic E-state index is 12.9. The van der Waals surface area contributed by atoms with Crippen LogP contribution in [0.4, 0.5) is 0 Å². The van der Waals surface area contributed by atoms with E-state index in [1.165, 1.54) is 6.42 Å². The molecule has 3 heterocycles. The van der Waals surface area contributed by atoms with E-state index in [9.17, 15) is 9.59 Å². The third-order valence-corrected chi connectivity index (χ3v) is 6.17. The van der Waals surface area contributed by atoms with E-state index < -0.39 is 0 Å². The Balaban J connectivity index is 1.56. The van der Waals surface area contributed by atoms with Gasteiger partial charge >= 0.3 is 0 Å². The SMILES string of the molecule is CC(C)(C)C(=O)N1CCCC(C(=O)N2CCC3(CCNC3)CC2)C1. The molecule has 24 heavy (non-hydrogen) atoms. The van der Waals surface area contributed by atoms with Crippen molar-refractivity contribution < 1.29 is 9.59 Å². The summed E-state index contributed by atoms with van der Waals surface area (Å²) in [6.45, 7) is 11.3. The minimum atomic E-state index is -0.363. The molecule has 1 N–H and O–H groups in total. The summed E-state index contributed by atoms with van der Waals surface area (Å²) in [6, 6.07) is 0. The quantitative estimate of drug-likeness (QED) is 0.796. The number of hydrogen-bond acceptors (Lipinski definition) is 3. The summed E-state index contributed by atoms with van der Waals surface area (Å²) in [5.74, 6) is 0.456. The Morgan fingerprint density at radius 2 is 1.75 bits per heavy atom. The Morgan fingerprint density at radius 3 is 2.33 bits per heavy atom. The van der Waals surface area contributed by atoms with Crippen molar-refractivity contribution in [2.24, 2.45) is 16.7 Å². The van der Waals surface area contributed by atoms with E-state index in [1.807, 2.05) is 25.7 Å². The van der Waals surface area contributed by atoms with Crippen LogP contribution < -0.4 is 5.32 Å². The average Bonchev–Trinajstić information content (AvgIpc) is 3.01. The molecule has 5 heteroatoms. The van der Waals surface area contributed by atoms with Gasteiger partial charge in [0.05, 0.1) is 5.92 Å². The molecular weight excluding hydrogens is 302 g/mol.